The van der Waals surface area contributed by atoms with Gasteiger partial charge in [0.25, 0.3) is 0 Å². The lowest BCUT2D eigenvalue weighted by Crippen LogP contribution is -2.45. The predicted molar refractivity (Wildman–Crippen MR) is 119 cm³/mol. The van der Waals surface area contributed by atoms with E-state index in [0.29, 0.717) is 12.5 Å². The summed E-state index contributed by atoms with van der Waals surface area (Å²) in [6.07, 6.45) is 8.32. The third-order valence-electron chi connectivity index (χ3n) is 5.98. The van der Waals surface area contributed by atoms with Gasteiger partial charge in [-0.1, -0.05) is 60.7 Å². The van der Waals surface area contributed by atoms with Crippen LogP contribution in [0.3, 0.4) is 0 Å². The van der Waals surface area contributed by atoms with Gasteiger partial charge < -0.3 is 14.8 Å². The van der Waals surface area contributed by atoms with Gasteiger partial charge in [0.1, 0.15) is 6.54 Å². The highest BCUT2D eigenvalue weighted by molar-refractivity contribution is 5.76. The van der Waals surface area contributed by atoms with E-state index in [4.69, 9.17) is 0 Å². The SMILES string of the molecule is O=C(Cn1ccnc1)NC1CCN(CCC(c2ccccc2)c2ccccc2)CC1. The first kappa shape index (κ1) is 20.4. The van der Waals surface area contributed by atoms with E-state index in [1.807, 2.05) is 6.20 Å². The minimum absolute atomic E-state index is 0.0691. The summed E-state index contributed by atoms with van der Waals surface area (Å²) in [5.74, 6) is 0.486. The van der Waals surface area contributed by atoms with Crippen LogP contribution in [0.2, 0.25) is 0 Å². The Hall–Kier alpha value is -2.92. The molecule has 5 heteroatoms. The van der Waals surface area contributed by atoms with Crippen molar-refractivity contribution in [1.29, 1.82) is 0 Å². The van der Waals surface area contributed by atoms with Gasteiger partial charge in [-0.3, -0.25) is 4.79 Å². The van der Waals surface area contributed by atoms with E-state index in [1.165, 1.54) is 11.1 Å². The molecule has 0 spiro atoms. The van der Waals surface area contributed by atoms with Gasteiger partial charge >= 0.3 is 0 Å². The number of rotatable bonds is 8. The van der Waals surface area contributed by atoms with Gasteiger partial charge in [0.15, 0.2) is 0 Å². The third-order valence-corrected chi connectivity index (χ3v) is 5.98. The standard InChI is InChI=1S/C25H30N4O/c30-25(19-29-18-14-26-20-29)27-23-11-15-28(16-12-23)17-13-24(21-7-3-1-4-8-21)22-9-5-2-6-10-22/h1-10,14,18,20,23-24H,11-13,15-17,19H2,(H,27,30). The molecule has 156 valence electrons. The average Bonchev–Trinajstić information content (AvgIpc) is 3.29. The van der Waals surface area contributed by atoms with Gasteiger partial charge in [0.05, 0.1) is 6.33 Å². The molecule has 1 saturated heterocycles. The molecular formula is C25H30N4O. The topological polar surface area (TPSA) is 50.2 Å². The maximum Gasteiger partial charge on any atom is 0.240 e. The number of likely N-dealkylation sites (tertiary alicyclic amines) is 1. The van der Waals surface area contributed by atoms with Crippen molar-refractivity contribution in [3.8, 4) is 0 Å². The molecule has 1 amide bonds. The molecule has 0 radical (unpaired) electrons. The average molecular weight is 403 g/mol. The Kier molecular flexibility index (Phi) is 6.93. The van der Waals surface area contributed by atoms with Crippen LogP contribution in [0.15, 0.2) is 79.4 Å². The molecule has 1 fully saturated rings. The number of hydrogen-bond donors (Lipinski definition) is 1. The predicted octanol–water partition coefficient (Wildman–Crippen LogP) is 3.69. The quantitative estimate of drug-likeness (QED) is 0.625. The van der Waals surface area contributed by atoms with Gasteiger partial charge in [0.2, 0.25) is 5.91 Å². The number of piperidine rings is 1. The van der Waals surface area contributed by atoms with Crippen LogP contribution in [-0.2, 0) is 11.3 Å². The lowest BCUT2D eigenvalue weighted by atomic mass is 9.88. The molecule has 0 saturated carbocycles. The second-order valence-corrected chi connectivity index (χ2v) is 8.08. The molecule has 0 unspecified atom stereocenters. The fourth-order valence-corrected chi connectivity index (χ4v) is 4.33. The smallest absolute Gasteiger partial charge is 0.240 e. The summed E-state index contributed by atoms with van der Waals surface area (Å²) in [4.78, 5) is 18.7. The zero-order valence-electron chi connectivity index (χ0n) is 17.4. The third kappa shape index (κ3) is 5.57. The van der Waals surface area contributed by atoms with Crippen LogP contribution in [0, 0.1) is 0 Å². The number of hydrogen-bond acceptors (Lipinski definition) is 3. The van der Waals surface area contributed by atoms with Crippen molar-refractivity contribution in [1.82, 2.24) is 19.8 Å². The first-order valence-electron chi connectivity index (χ1n) is 10.9. The van der Waals surface area contributed by atoms with Crippen molar-refractivity contribution in [2.24, 2.45) is 0 Å². The molecule has 3 aromatic rings. The zero-order chi connectivity index (χ0) is 20.6. The van der Waals surface area contributed by atoms with Crippen molar-refractivity contribution in [3.05, 3.63) is 90.5 Å². The molecule has 0 bridgehead atoms. The van der Waals surface area contributed by atoms with E-state index in [9.17, 15) is 4.79 Å². The van der Waals surface area contributed by atoms with E-state index in [1.54, 1.807) is 17.1 Å². The summed E-state index contributed by atoms with van der Waals surface area (Å²) in [5, 5.41) is 3.18. The Morgan fingerprint density at radius 2 is 1.63 bits per heavy atom. The van der Waals surface area contributed by atoms with E-state index in [0.717, 1.165) is 38.9 Å². The number of carbonyl (C=O) groups excluding carboxylic acids is 1. The van der Waals surface area contributed by atoms with Crippen LogP contribution in [0.1, 0.15) is 36.3 Å². The van der Waals surface area contributed by atoms with Crippen LogP contribution < -0.4 is 5.32 Å². The first-order valence-corrected chi connectivity index (χ1v) is 10.9. The molecule has 1 aromatic heterocycles. The number of imidazole rings is 1. The Bertz CT molecular complexity index is 848. The van der Waals surface area contributed by atoms with Crippen LogP contribution in [0.25, 0.3) is 0 Å². The van der Waals surface area contributed by atoms with Crippen molar-refractivity contribution in [2.45, 2.75) is 37.8 Å². The monoisotopic (exact) mass is 402 g/mol. The minimum Gasteiger partial charge on any atom is -0.352 e. The number of nitrogens with zero attached hydrogens (tertiary/aromatic N) is 3. The molecule has 5 nitrogen and oxygen atoms in total. The summed E-state index contributed by atoms with van der Waals surface area (Å²) in [5.41, 5.74) is 2.76. The lowest BCUT2D eigenvalue weighted by molar-refractivity contribution is -0.122. The normalized spacial score (nSPS) is 15.4. The number of nitrogens with one attached hydrogen (secondary N) is 1. The van der Waals surface area contributed by atoms with Gasteiger partial charge in [-0.05, 0) is 36.9 Å². The molecular weight excluding hydrogens is 372 g/mol. The molecule has 0 aliphatic carbocycles. The van der Waals surface area contributed by atoms with Crippen molar-refractivity contribution in [3.63, 3.8) is 0 Å². The van der Waals surface area contributed by atoms with Crippen LogP contribution >= 0.6 is 0 Å². The number of aromatic nitrogens is 2. The second kappa shape index (κ2) is 10.2. The van der Waals surface area contributed by atoms with E-state index in [-0.39, 0.29) is 11.9 Å². The summed E-state index contributed by atoms with van der Waals surface area (Å²) in [6.45, 7) is 3.48. The molecule has 2 heterocycles. The van der Waals surface area contributed by atoms with Crippen LogP contribution in [-0.4, -0.2) is 46.0 Å². The van der Waals surface area contributed by atoms with Crippen molar-refractivity contribution >= 4 is 5.91 Å². The van der Waals surface area contributed by atoms with Crippen molar-refractivity contribution in [2.75, 3.05) is 19.6 Å². The summed E-state index contributed by atoms with van der Waals surface area (Å²) < 4.78 is 1.80. The van der Waals surface area contributed by atoms with Gasteiger partial charge in [0, 0.05) is 37.4 Å². The van der Waals surface area contributed by atoms with Gasteiger partial charge in [-0.2, -0.15) is 0 Å². The van der Waals surface area contributed by atoms with E-state index in [2.05, 4.69) is 75.9 Å². The van der Waals surface area contributed by atoms with E-state index < -0.39 is 0 Å². The highest BCUT2D eigenvalue weighted by Crippen LogP contribution is 2.28. The Balaban J connectivity index is 1.27. The Morgan fingerprint density at radius 1 is 1.00 bits per heavy atom. The number of benzene rings is 2. The van der Waals surface area contributed by atoms with E-state index >= 15 is 0 Å². The molecule has 2 aromatic carbocycles. The van der Waals surface area contributed by atoms with Gasteiger partial charge in [-0.25, -0.2) is 4.98 Å². The Labute approximate surface area is 178 Å². The van der Waals surface area contributed by atoms with Gasteiger partial charge in [-0.15, -0.1) is 0 Å². The summed E-state index contributed by atoms with van der Waals surface area (Å²) >= 11 is 0. The fraction of sp³-hybridized carbons (Fsp3) is 0.360. The maximum absolute atomic E-state index is 12.2. The molecule has 0 atom stereocenters. The largest absolute Gasteiger partial charge is 0.352 e. The highest BCUT2D eigenvalue weighted by atomic mass is 16.2. The maximum atomic E-state index is 12.2. The second-order valence-electron chi connectivity index (χ2n) is 8.08. The Morgan fingerprint density at radius 3 is 2.20 bits per heavy atom. The highest BCUT2D eigenvalue weighted by Gasteiger charge is 2.22. The summed E-state index contributed by atoms with van der Waals surface area (Å²) in [6, 6.07) is 21.9. The number of carbonyl (C=O) groups is 1. The first-order chi connectivity index (χ1) is 14.8. The molecule has 1 aliphatic rings. The lowest BCUT2D eigenvalue weighted by Gasteiger charge is -2.33. The number of amides is 1. The van der Waals surface area contributed by atoms with Crippen LogP contribution in [0.5, 0.6) is 0 Å². The molecule has 4 rings (SSSR count). The minimum atomic E-state index is 0.0691. The fourth-order valence-electron chi connectivity index (χ4n) is 4.33. The molecule has 1 aliphatic heterocycles. The van der Waals surface area contributed by atoms with Crippen LogP contribution in [0.4, 0.5) is 0 Å². The summed E-state index contributed by atoms with van der Waals surface area (Å²) in [7, 11) is 0. The zero-order valence-corrected chi connectivity index (χ0v) is 17.4. The molecule has 1 N–H and O–H groups in total. The van der Waals surface area contributed by atoms with Crippen molar-refractivity contribution < 1.29 is 4.79 Å². The molecule has 30 heavy (non-hydrogen) atoms.